The molecule has 5 heteroatoms. The van der Waals surface area contributed by atoms with Crippen molar-refractivity contribution in [3.63, 3.8) is 0 Å². The molecule has 0 saturated heterocycles. The number of halogens is 2. The van der Waals surface area contributed by atoms with Crippen molar-refractivity contribution in [2.24, 2.45) is 5.41 Å². The van der Waals surface area contributed by atoms with Gasteiger partial charge in [0, 0.05) is 38.8 Å². The molecule has 0 aromatic heterocycles. The first-order valence-electron chi connectivity index (χ1n) is 12.5. The highest BCUT2D eigenvalue weighted by molar-refractivity contribution is 9.10. The van der Waals surface area contributed by atoms with Crippen LogP contribution in [-0.4, -0.2) is 5.78 Å². The molecule has 6 rings (SSSR count). The first kappa shape index (κ1) is 23.9. The van der Waals surface area contributed by atoms with Crippen LogP contribution in [0.25, 0.3) is 16.3 Å². The molecule has 0 unspecified atom stereocenters. The second-order valence-corrected chi connectivity index (χ2v) is 11.6. The topological polar surface area (TPSA) is 38.3 Å². The number of hydrogen-bond acceptors (Lipinski definition) is 3. The zero-order chi connectivity index (χ0) is 25.7. The molecule has 0 radical (unpaired) electrons. The van der Waals surface area contributed by atoms with E-state index in [0.29, 0.717) is 17.7 Å². The molecule has 0 amide bonds. The van der Waals surface area contributed by atoms with E-state index in [1.165, 1.54) is 6.07 Å². The summed E-state index contributed by atoms with van der Waals surface area (Å²) in [7, 11) is 0. The average molecular weight is 556 g/mol. The van der Waals surface area contributed by atoms with E-state index in [2.05, 4.69) is 59.4 Å². The Morgan fingerprint density at radius 3 is 2.62 bits per heavy atom. The van der Waals surface area contributed by atoms with Crippen LogP contribution in [0, 0.1) is 11.2 Å². The summed E-state index contributed by atoms with van der Waals surface area (Å²) in [5.74, 6) is 0.479. The third kappa shape index (κ3) is 4.36. The maximum absolute atomic E-state index is 14.3. The lowest BCUT2D eigenvalue weighted by molar-refractivity contribution is -0.118. The molecule has 37 heavy (non-hydrogen) atoms. The molecule has 0 saturated carbocycles. The Labute approximate surface area is 224 Å². The van der Waals surface area contributed by atoms with E-state index in [0.717, 1.165) is 49.6 Å². The summed E-state index contributed by atoms with van der Waals surface area (Å²) < 4.78 is 21.4. The fourth-order valence-corrected chi connectivity index (χ4v) is 6.10. The van der Waals surface area contributed by atoms with Crippen LogP contribution in [-0.2, 0) is 11.4 Å². The Hall–Kier alpha value is -3.44. The Kier molecular flexibility index (Phi) is 5.91. The van der Waals surface area contributed by atoms with Gasteiger partial charge >= 0.3 is 0 Å². The van der Waals surface area contributed by atoms with E-state index in [-0.39, 0.29) is 29.7 Å². The second-order valence-electron chi connectivity index (χ2n) is 10.7. The van der Waals surface area contributed by atoms with E-state index < -0.39 is 0 Å². The summed E-state index contributed by atoms with van der Waals surface area (Å²) in [4.78, 5) is 13.8. The number of anilines is 1. The summed E-state index contributed by atoms with van der Waals surface area (Å²) in [6, 6.07) is 24.6. The van der Waals surface area contributed by atoms with Gasteiger partial charge in [0.1, 0.15) is 18.2 Å². The van der Waals surface area contributed by atoms with Gasteiger partial charge in [0.05, 0.1) is 6.04 Å². The van der Waals surface area contributed by atoms with Crippen LogP contribution < -0.4 is 10.1 Å². The molecule has 1 heterocycles. The molecule has 4 aromatic rings. The van der Waals surface area contributed by atoms with Gasteiger partial charge in [-0.05, 0) is 58.5 Å². The van der Waals surface area contributed by atoms with Crippen LogP contribution in [0.2, 0.25) is 0 Å². The van der Waals surface area contributed by atoms with Gasteiger partial charge in [-0.3, -0.25) is 4.79 Å². The standard InChI is InChI=1S/C32H27BrFNO2/c1-32(2)16-24-29-22-9-5-3-7-19(22)11-13-26(29)35-31(30(24)27(36)17-32)23-15-21(33)12-14-28(23)37-18-20-8-4-6-10-25(20)34/h3-15,31,35H,16-18H2,1-2H3/t31-/m0/s1. The quantitative estimate of drug-likeness (QED) is 0.274. The van der Waals surface area contributed by atoms with E-state index in [9.17, 15) is 9.18 Å². The van der Waals surface area contributed by atoms with Crippen LogP contribution in [0.4, 0.5) is 10.1 Å². The number of nitrogens with one attached hydrogen (secondary N) is 1. The van der Waals surface area contributed by atoms with Crippen molar-refractivity contribution >= 4 is 43.7 Å². The lowest BCUT2D eigenvalue weighted by Crippen LogP contribution is -2.33. The molecule has 0 fully saturated rings. The number of allylic oxidation sites excluding steroid dienone is 1. The normalized spacial score (nSPS) is 18.3. The van der Waals surface area contributed by atoms with Gasteiger partial charge in [-0.15, -0.1) is 0 Å². The van der Waals surface area contributed by atoms with Gasteiger partial charge < -0.3 is 10.1 Å². The zero-order valence-corrected chi connectivity index (χ0v) is 22.4. The van der Waals surface area contributed by atoms with E-state index >= 15 is 0 Å². The maximum atomic E-state index is 14.3. The van der Waals surface area contributed by atoms with E-state index in [1.807, 2.05) is 30.3 Å². The van der Waals surface area contributed by atoms with Crippen LogP contribution >= 0.6 is 15.9 Å². The fraction of sp³-hybridized carbons (Fsp3) is 0.219. The minimum Gasteiger partial charge on any atom is -0.488 e. The van der Waals surface area contributed by atoms with Gasteiger partial charge in [-0.2, -0.15) is 0 Å². The van der Waals surface area contributed by atoms with Crippen LogP contribution in [0.3, 0.4) is 0 Å². The van der Waals surface area contributed by atoms with Crippen LogP contribution in [0.15, 0.2) is 88.9 Å². The van der Waals surface area contributed by atoms with Crippen molar-refractivity contribution in [2.45, 2.75) is 39.3 Å². The van der Waals surface area contributed by atoms with Gasteiger partial charge in [-0.1, -0.05) is 78.3 Å². The molecule has 1 aliphatic heterocycles. The second kappa shape index (κ2) is 9.14. The molecule has 186 valence electrons. The highest BCUT2D eigenvalue weighted by Crippen LogP contribution is 2.53. The first-order valence-corrected chi connectivity index (χ1v) is 13.3. The van der Waals surface area contributed by atoms with Crippen molar-refractivity contribution in [1.82, 2.24) is 0 Å². The zero-order valence-electron chi connectivity index (χ0n) is 20.8. The number of fused-ring (bicyclic) bond motifs is 4. The number of ketones is 1. The van der Waals surface area contributed by atoms with E-state index in [4.69, 9.17) is 4.74 Å². The number of hydrogen-bond donors (Lipinski definition) is 1. The lowest BCUT2D eigenvalue weighted by atomic mass is 9.68. The Morgan fingerprint density at radius 2 is 1.78 bits per heavy atom. The van der Waals surface area contributed by atoms with E-state index in [1.54, 1.807) is 18.2 Å². The summed E-state index contributed by atoms with van der Waals surface area (Å²) in [5.41, 5.74) is 5.24. The predicted octanol–water partition coefficient (Wildman–Crippen LogP) is 8.63. The highest BCUT2D eigenvalue weighted by atomic mass is 79.9. The molecule has 1 N–H and O–H groups in total. The van der Waals surface area contributed by atoms with Crippen molar-refractivity contribution in [3.8, 4) is 5.75 Å². The smallest absolute Gasteiger partial charge is 0.162 e. The highest BCUT2D eigenvalue weighted by Gasteiger charge is 2.41. The predicted molar refractivity (Wildman–Crippen MR) is 150 cm³/mol. The molecule has 4 aromatic carbocycles. The first-order chi connectivity index (χ1) is 17.8. The summed E-state index contributed by atoms with van der Waals surface area (Å²) in [5, 5.41) is 5.99. The number of benzene rings is 4. The fourth-order valence-electron chi connectivity index (χ4n) is 5.72. The Morgan fingerprint density at radius 1 is 1.00 bits per heavy atom. The molecule has 2 aliphatic rings. The van der Waals surface area contributed by atoms with Crippen molar-refractivity contribution in [2.75, 3.05) is 5.32 Å². The van der Waals surface area contributed by atoms with Gasteiger partial charge in [0.25, 0.3) is 0 Å². The molecule has 0 bridgehead atoms. The molecular formula is C32H27BrFNO2. The minimum absolute atomic E-state index is 0.0993. The molecule has 0 spiro atoms. The molecule has 1 atom stereocenters. The minimum atomic E-state index is -0.375. The largest absolute Gasteiger partial charge is 0.488 e. The SMILES string of the molecule is CC1(C)CC(=O)C2=C(C1)c1c(ccc3ccccc13)N[C@H]2c1cc(Br)ccc1OCc1ccccc1F. The van der Waals surface area contributed by atoms with Gasteiger partial charge in [0.15, 0.2) is 5.78 Å². The number of ether oxygens (including phenoxy) is 1. The third-order valence-corrected chi connectivity index (χ3v) is 7.86. The molecule has 3 nitrogen and oxygen atoms in total. The monoisotopic (exact) mass is 555 g/mol. The third-order valence-electron chi connectivity index (χ3n) is 7.36. The number of rotatable bonds is 4. The molecular weight excluding hydrogens is 529 g/mol. The van der Waals surface area contributed by atoms with Crippen molar-refractivity contribution < 1.29 is 13.9 Å². The molecule has 1 aliphatic carbocycles. The summed E-state index contributed by atoms with van der Waals surface area (Å²) in [6.45, 7) is 4.43. The Bertz CT molecular complexity index is 1590. The number of carbonyl (C=O) groups excluding carboxylic acids is 1. The van der Waals surface area contributed by atoms with Gasteiger partial charge in [-0.25, -0.2) is 4.39 Å². The Balaban J connectivity index is 1.51. The summed E-state index contributed by atoms with van der Waals surface area (Å²) in [6.07, 6.45) is 1.30. The van der Waals surface area contributed by atoms with Crippen LogP contribution in [0.5, 0.6) is 5.75 Å². The van der Waals surface area contributed by atoms with Crippen molar-refractivity contribution in [3.05, 3.63) is 111 Å². The van der Waals surface area contributed by atoms with Gasteiger partial charge in [0.2, 0.25) is 0 Å². The van der Waals surface area contributed by atoms with Crippen LogP contribution in [0.1, 0.15) is 49.4 Å². The maximum Gasteiger partial charge on any atom is 0.162 e. The number of Topliss-reactive ketones (excluding diaryl/α,β-unsaturated/α-hetero) is 1. The average Bonchev–Trinajstić information content (AvgIpc) is 2.87. The number of carbonyl (C=O) groups is 1. The van der Waals surface area contributed by atoms with Crippen molar-refractivity contribution in [1.29, 1.82) is 0 Å². The lowest BCUT2D eigenvalue weighted by Gasteiger charge is -2.40. The summed E-state index contributed by atoms with van der Waals surface area (Å²) >= 11 is 3.61.